The molecule has 0 N–H and O–H groups in total. The largest absolute Gasteiger partial charge is 0.458 e. The first kappa shape index (κ1) is 36.6. The normalized spacial score (nSPS) is 12.2. The highest BCUT2D eigenvalue weighted by molar-refractivity contribution is 6.99. The van der Waals surface area contributed by atoms with Crippen LogP contribution in [-0.4, -0.2) is 16.7 Å². The standard InChI is InChI=1S/C58H38BN3O/c1-6-18-39(19-7-1)44-33-35-52(47(36-44)41-22-10-3-11-23-41)62-53-30-17-31-55-56(53)59(48-34-32-45(37-54(48)62)40-20-8-2-9-21-40)49-29-16-28-46(57(49)63-55)58-60-50(42-24-12-4-13-25-42)38-51(61-58)43-26-14-5-15-27-43/h1-38H. The third kappa shape index (κ3) is 6.41. The van der Waals surface area contributed by atoms with Crippen molar-refractivity contribution in [2.75, 3.05) is 4.90 Å². The van der Waals surface area contributed by atoms with Crippen molar-refractivity contribution in [2.24, 2.45) is 0 Å². The number of aromatic nitrogens is 2. The Morgan fingerprint density at radius 1 is 0.349 bits per heavy atom. The predicted octanol–water partition coefficient (Wildman–Crippen LogP) is 12.9. The molecule has 0 amide bonds. The molecule has 0 saturated heterocycles. The summed E-state index contributed by atoms with van der Waals surface area (Å²) in [7, 11) is 0. The summed E-state index contributed by atoms with van der Waals surface area (Å²) in [5.74, 6) is 2.22. The SMILES string of the molecule is c1ccc(-c2ccc(N3c4cc(-c5ccccc5)ccc4B4c5cccc(-c6nc(-c7ccccc7)cc(-c7ccccc7)n6)c5Oc5cccc3c54)c(-c3ccccc3)c2)cc1. The van der Waals surface area contributed by atoms with Crippen LogP contribution >= 0.6 is 0 Å². The van der Waals surface area contributed by atoms with E-state index in [1.807, 2.05) is 12.1 Å². The zero-order chi connectivity index (χ0) is 41.7. The molecular weight excluding hydrogens is 765 g/mol. The van der Waals surface area contributed by atoms with Gasteiger partial charge in [0, 0.05) is 28.1 Å². The lowest BCUT2D eigenvalue weighted by Crippen LogP contribution is -2.59. The summed E-state index contributed by atoms with van der Waals surface area (Å²) in [6, 6.07) is 81.6. The van der Waals surface area contributed by atoms with Gasteiger partial charge in [-0.1, -0.05) is 188 Å². The van der Waals surface area contributed by atoms with E-state index < -0.39 is 0 Å². The fourth-order valence-corrected chi connectivity index (χ4v) is 9.42. The maximum Gasteiger partial charge on any atom is 0.256 e. The topological polar surface area (TPSA) is 38.2 Å². The highest BCUT2D eigenvalue weighted by atomic mass is 16.5. The fraction of sp³-hybridized carbons (Fsp3) is 0. The van der Waals surface area contributed by atoms with E-state index in [1.165, 1.54) is 22.2 Å². The van der Waals surface area contributed by atoms with Crippen LogP contribution in [0.15, 0.2) is 231 Å². The number of hydrogen-bond acceptors (Lipinski definition) is 4. The summed E-state index contributed by atoms with van der Waals surface area (Å²) in [5.41, 5.74) is 18.3. The molecule has 1 aromatic heterocycles. The van der Waals surface area contributed by atoms with Crippen molar-refractivity contribution in [2.45, 2.75) is 0 Å². The van der Waals surface area contributed by atoms with E-state index in [0.29, 0.717) is 5.82 Å². The second-order valence-corrected chi connectivity index (χ2v) is 16.1. The van der Waals surface area contributed by atoms with Gasteiger partial charge < -0.3 is 9.64 Å². The highest BCUT2D eigenvalue weighted by Gasteiger charge is 2.43. The third-order valence-corrected chi connectivity index (χ3v) is 12.4. The first-order chi connectivity index (χ1) is 31.2. The molecule has 3 heterocycles. The molecule has 0 bridgehead atoms. The van der Waals surface area contributed by atoms with Crippen LogP contribution in [-0.2, 0) is 0 Å². The Hall–Kier alpha value is -8.28. The van der Waals surface area contributed by atoms with E-state index in [9.17, 15) is 0 Å². The molecule has 0 fully saturated rings. The van der Waals surface area contributed by atoms with Crippen LogP contribution in [0.25, 0.3) is 67.3 Å². The van der Waals surface area contributed by atoms with Gasteiger partial charge in [-0.25, -0.2) is 9.97 Å². The summed E-state index contributed by atoms with van der Waals surface area (Å²) in [4.78, 5) is 13.0. The van der Waals surface area contributed by atoms with Crippen LogP contribution in [0.1, 0.15) is 0 Å². The maximum atomic E-state index is 7.18. The molecule has 4 nitrogen and oxygen atoms in total. The lowest BCUT2D eigenvalue weighted by Gasteiger charge is -2.41. The molecule has 10 aromatic rings. The zero-order valence-electron chi connectivity index (χ0n) is 34.3. The molecule has 0 atom stereocenters. The van der Waals surface area contributed by atoms with Gasteiger partial charge in [-0.15, -0.1) is 0 Å². The molecule has 0 unspecified atom stereocenters. The summed E-state index contributed by atoms with van der Waals surface area (Å²) < 4.78 is 7.18. The van der Waals surface area contributed by atoms with Gasteiger partial charge in [0.05, 0.1) is 22.6 Å². The van der Waals surface area contributed by atoms with Gasteiger partial charge in [-0.05, 0) is 86.7 Å². The van der Waals surface area contributed by atoms with Crippen molar-refractivity contribution in [3.8, 4) is 78.8 Å². The van der Waals surface area contributed by atoms with E-state index in [-0.39, 0.29) is 6.71 Å². The molecule has 294 valence electrons. The molecule has 0 radical (unpaired) electrons. The first-order valence-corrected chi connectivity index (χ1v) is 21.4. The molecule has 2 aliphatic heterocycles. The molecule has 0 aliphatic carbocycles. The molecule has 12 rings (SSSR count). The van der Waals surface area contributed by atoms with Gasteiger partial charge in [0.15, 0.2) is 5.82 Å². The molecule has 0 spiro atoms. The van der Waals surface area contributed by atoms with Crippen molar-refractivity contribution in [1.82, 2.24) is 9.97 Å². The number of rotatable bonds is 7. The van der Waals surface area contributed by atoms with Crippen molar-refractivity contribution in [3.05, 3.63) is 231 Å². The minimum Gasteiger partial charge on any atom is -0.458 e. The highest BCUT2D eigenvalue weighted by Crippen LogP contribution is 2.47. The molecule has 5 heteroatoms. The number of anilines is 3. The molecular formula is C58H38BN3O. The van der Waals surface area contributed by atoms with Crippen molar-refractivity contribution < 1.29 is 4.74 Å². The molecule has 0 saturated carbocycles. The van der Waals surface area contributed by atoms with Crippen LogP contribution in [0.2, 0.25) is 0 Å². The Kier molecular flexibility index (Phi) is 8.89. The van der Waals surface area contributed by atoms with Crippen molar-refractivity contribution in [3.63, 3.8) is 0 Å². The van der Waals surface area contributed by atoms with Crippen molar-refractivity contribution >= 4 is 40.2 Å². The molecule has 2 aliphatic rings. The molecule has 9 aromatic carbocycles. The van der Waals surface area contributed by atoms with E-state index in [0.717, 1.165) is 84.3 Å². The van der Waals surface area contributed by atoms with Crippen molar-refractivity contribution in [1.29, 1.82) is 0 Å². The van der Waals surface area contributed by atoms with Gasteiger partial charge in [-0.3, -0.25) is 0 Å². The van der Waals surface area contributed by atoms with Gasteiger partial charge in [0.25, 0.3) is 6.71 Å². The Labute approximate surface area is 367 Å². The maximum absolute atomic E-state index is 7.18. The summed E-state index contributed by atoms with van der Waals surface area (Å²) in [5, 5.41) is 0. The third-order valence-electron chi connectivity index (χ3n) is 12.4. The summed E-state index contributed by atoms with van der Waals surface area (Å²) in [6.07, 6.45) is 0. The number of nitrogens with zero attached hydrogens (tertiary/aromatic N) is 3. The van der Waals surface area contributed by atoms with Crippen LogP contribution in [0.3, 0.4) is 0 Å². The second-order valence-electron chi connectivity index (χ2n) is 16.1. The van der Waals surface area contributed by atoms with E-state index in [4.69, 9.17) is 14.7 Å². The quantitative estimate of drug-likeness (QED) is 0.150. The number of benzene rings is 9. The number of fused-ring (bicyclic) bond motifs is 4. The fourth-order valence-electron chi connectivity index (χ4n) is 9.42. The minimum atomic E-state index is -0.120. The van der Waals surface area contributed by atoms with Crippen LogP contribution in [0, 0.1) is 0 Å². The Morgan fingerprint density at radius 3 is 1.51 bits per heavy atom. The van der Waals surface area contributed by atoms with E-state index >= 15 is 0 Å². The Bertz CT molecular complexity index is 3250. The van der Waals surface area contributed by atoms with Gasteiger partial charge in [0.2, 0.25) is 0 Å². The summed E-state index contributed by atoms with van der Waals surface area (Å²) >= 11 is 0. The van der Waals surface area contributed by atoms with Crippen LogP contribution < -0.4 is 26.0 Å². The number of hydrogen-bond donors (Lipinski definition) is 0. The number of ether oxygens (including phenoxy) is 1. The van der Waals surface area contributed by atoms with E-state index in [1.54, 1.807) is 0 Å². The number of para-hydroxylation sites is 1. The second kappa shape index (κ2) is 15.3. The average molecular weight is 804 g/mol. The lowest BCUT2D eigenvalue weighted by atomic mass is 9.34. The Morgan fingerprint density at radius 2 is 0.889 bits per heavy atom. The minimum absolute atomic E-state index is 0.120. The summed E-state index contributed by atoms with van der Waals surface area (Å²) in [6.45, 7) is -0.120. The first-order valence-electron chi connectivity index (χ1n) is 21.4. The zero-order valence-corrected chi connectivity index (χ0v) is 34.3. The smallest absolute Gasteiger partial charge is 0.256 e. The molecule has 63 heavy (non-hydrogen) atoms. The van der Waals surface area contributed by atoms with Crippen LogP contribution in [0.5, 0.6) is 11.5 Å². The van der Waals surface area contributed by atoms with Gasteiger partial charge in [0.1, 0.15) is 11.5 Å². The lowest BCUT2D eigenvalue weighted by molar-refractivity contribution is 0.489. The Balaban J connectivity index is 1.08. The average Bonchev–Trinajstić information content (AvgIpc) is 3.37. The predicted molar refractivity (Wildman–Crippen MR) is 261 cm³/mol. The van der Waals surface area contributed by atoms with Crippen LogP contribution in [0.4, 0.5) is 17.1 Å². The monoisotopic (exact) mass is 803 g/mol. The van der Waals surface area contributed by atoms with Gasteiger partial charge >= 0.3 is 0 Å². The van der Waals surface area contributed by atoms with E-state index in [2.05, 4.69) is 223 Å². The van der Waals surface area contributed by atoms with Gasteiger partial charge in [-0.2, -0.15) is 0 Å².